The molecular weight excluding hydrogens is 191 g/mol. The molecule has 0 unspecified atom stereocenters. The van der Waals surface area contributed by atoms with E-state index in [9.17, 15) is 0 Å². The first-order chi connectivity index (χ1) is 2.83. The van der Waals surface area contributed by atoms with Gasteiger partial charge in [-0.05, 0) is 0 Å². The third-order valence-electron chi connectivity index (χ3n) is 0. The Morgan fingerprint density at radius 1 is 0.889 bits per heavy atom. The van der Waals surface area contributed by atoms with Crippen LogP contribution in [0.1, 0.15) is 0 Å². The molecule has 52 valence electrons. The van der Waals surface area contributed by atoms with Gasteiger partial charge >= 0.3 is 21.7 Å². The SMILES string of the molecule is C=C[CH2-].C=C[CH2-].[Cl-].[Cl-].[Ti+4]. The largest absolute Gasteiger partial charge is 4.00 e. The second-order valence-corrected chi connectivity index (χ2v) is 0.577. The van der Waals surface area contributed by atoms with Gasteiger partial charge in [0.25, 0.3) is 0 Å². The van der Waals surface area contributed by atoms with Crippen LogP contribution in [0.25, 0.3) is 0 Å². The summed E-state index contributed by atoms with van der Waals surface area (Å²) in [7, 11) is 0. The summed E-state index contributed by atoms with van der Waals surface area (Å²) in [6, 6.07) is 0. The maximum Gasteiger partial charge on any atom is 4.00 e. The molecule has 0 saturated heterocycles. The zero-order valence-corrected chi connectivity index (χ0v) is 8.31. The van der Waals surface area contributed by atoms with E-state index in [0.29, 0.717) is 0 Å². The van der Waals surface area contributed by atoms with Crippen molar-refractivity contribution in [1.29, 1.82) is 0 Å². The minimum atomic E-state index is 0. The van der Waals surface area contributed by atoms with Crippen LogP contribution in [0.15, 0.2) is 25.3 Å². The van der Waals surface area contributed by atoms with Gasteiger partial charge in [-0.2, -0.15) is 0 Å². The normalized spacial score (nSPS) is 2.67. The average Bonchev–Trinajstić information content (AvgIpc) is 1.39. The van der Waals surface area contributed by atoms with Crippen molar-refractivity contribution in [1.82, 2.24) is 0 Å². The molecule has 9 heavy (non-hydrogen) atoms. The first kappa shape index (κ1) is 33.8. The molecule has 0 spiro atoms. The van der Waals surface area contributed by atoms with Crippen molar-refractivity contribution in [2.24, 2.45) is 0 Å². The number of halogens is 2. The summed E-state index contributed by atoms with van der Waals surface area (Å²) in [6.45, 7) is 13.0. The van der Waals surface area contributed by atoms with Crippen molar-refractivity contribution in [3.8, 4) is 0 Å². The third kappa shape index (κ3) is 1370. The second-order valence-electron chi connectivity index (χ2n) is 0.577. The van der Waals surface area contributed by atoms with E-state index in [4.69, 9.17) is 0 Å². The summed E-state index contributed by atoms with van der Waals surface area (Å²) in [5, 5.41) is 0. The molecule has 0 heterocycles. The molecule has 0 aromatic rings. The number of hydrogen-bond donors (Lipinski definition) is 0. The molecule has 0 amide bonds. The van der Waals surface area contributed by atoms with E-state index in [2.05, 4.69) is 27.0 Å². The summed E-state index contributed by atoms with van der Waals surface area (Å²) in [4.78, 5) is 0. The van der Waals surface area contributed by atoms with Crippen molar-refractivity contribution >= 4 is 0 Å². The van der Waals surface area contributed by atoms with Gasteiger partial charge in [0.05, 0.1) is 0 Å². The van der Waals surface area contributed by atoms with Gasteiger partial charge in [-0.15, -0.1) is 0 Å². The third-order valence-corrected chi connectivity index (χ3v) is 0. The molecule has 0 saturated carbocycles. The fraction of sp³-hybridized carbons (Fsp3) is 0. The zero-order valence-electron chi connectivity index (χ0n) is 5.24. The van der Waals surface area contributed by atoms with E-state index in [1.54, 1.807) is 0 Å². The van der Waals surface area contributed by atoms with Crippen molar-refractivity contribution in [2.75, 3.05) is 0 Å². The van der Waals surface area contributed by atoms with Crippen molar-refractivity contribution in [3.63, 3.8) is 0 Å². The standard InChI is InChI=1S/2C3H5.2ClH.Ti/c2*1-3-2;;;/h2*3H,1-2H2;2*1H;/q2*-1;;;+4/p-2. The monoisotopic (exact) mass is 200 g/mol. The smallest absolute Gasteiger partial charge is 1.00 e. The molecule has 0 atom stereocenters. The molecular formula is C6H10Cl2Ti. The van der Waals surface area contributed by atoms with Crippen LogP contribution in [0.2, 0.25) is 0 Å². The second kappa shape index (κ2) is 76.0. The molecule has 0 aromatic carbocycles. The number of allylic oxidation sites excluding steroid dienone is 2. The molecule has 0 aliphatic rings. The van der Waals surface area contributed by atoms with Crippen LogP contribution in [-0.2, 0) is 21.7 Å². The number of rotatable bonds is 0. The minimum absolute atomic E-state index is 0. The molecule has 0 N–H and O–H groups in total. The minimum Gasteiger partial charge on any atom is -1.00 e. The Kier molecular flexibility index (Phi) is 286. The van der Waals surface area contributed by atoms with Gasteiger partial charge in [-0.25, -0.2) is 39.2 Å². The van der Waals surface area contributed by atoms with Crippen LogP contribution in [0, 0.1) is 13.8 Å². The quantitative estimate of drug-likeness (QED) is 0.277. The van der Waals surface area contributed by atoms with Crippen LogP contribution in [-0.4, -0.2) is 0 Å². The predicted molar refractivity (Wildman–Crippen MR) is 31.1 cm³/mol. The molecule has 0 aromatic heterocycles. The molecule has 0 aliphatic heterocycles. The molecule has 0 fully saturated rings. The van der Waals surface area contributed by atoms with Gasteiger partial charge in [0.15, 0.2) is 0 Å². The van der Waals surface area contributed by atoms with Crippen LogP contribution in [0.5, 0.6) is 0 Å². The Balaban J connectivity index is -0.00000000889. The maximum absolute atomic E-state index is 3.25. The summed E-state index contributed by atoms with van der Waals surface area (Å²) in [6.07, 6.45) is 3.00. The maximum atomic E-state index is 3.25. The molecule has 0 radical (unpaired) electrons. The van der Waals surface area contributed by atoms with E-state index >= 15 is 0 Å². The van der Waals surface area contributed by atoms with Crippen molar-refractivity contribution in [3.05, 3.63) is 39.2 Å². The summed E-state index contributed by atoms with van der Waals surface area (Å²) >= 11 is 0. The van der Waals surface area contributed by atoms with Crippen molar-refractivity contribution in [2.45, 2.75) is 0 Å². The van der Waals surface area contributed by atoms with Crippen LogP contribution >= 0.6 is 0 Å². The first-order valence-electron chi connectivity index (χ1n) is 1.63. The molecule has 0 nitrogen and oxygen atoms in total. The topological polar surface area (TPSA) is 0 Å². The summed E-state index contributed by atoms with van der Waals surface area (Å²) in [5.41, 5.74) is 0. The van der Waals surface area contributed by atoms with Gasteiger partial charge in [0.1, 0.15) is 0 Å². The van der Waals surface area contributed by atoms with Gasteiger partial charge in [-0.1, -0.05) is 0 Å². The summed E-state index contributed by atoms with van der Waals surface area (Å²) in [5.74, 6) is 0. The molecule has 0 bridgehead atoms. The van der Waals surface area contributed by atoms with Crippen LogP contribution < -0.4 is 24.8 Å². The Labute approximate surface area is 85.5 Å². The zero-order chi connectivity index (χ0) is 5.41. The first-order valence-corrected chi connectivity index (χ1v) is 1.63. The van der Waals surface area contributed by atoms with Gasteiger partial charge in [-0.3, -0.25) is 0 Å². The Hall–Kier alpha value is 0.514. The summed E-state index contributed by atoms with van der Waals surface area (Å²) < 4.78 is 0. The molecule has 0 rings (SSSR count). The van der Waals surface area contributed by atoms with Crippen LogP contribution in [0.4, 0.5) is 0 Å². The van der Waals surface area contributed by atoms with E-state index < -0.39 is 0 Å². The Morgan fingerprint density at radius 2 is 0.889 bits per heavy atom. The molecule has 3 heteroatoms. The van der Waals surface area contributed by atoms with Gasteiger partial charge in [0, 0.05) is 0 Å². The fourth-order valence-corrected chi connectivity index (χ4v) is 0. The molecule has 0 aliphatic carbocycles. The average molecular weight is 201 g/mol. The predicted octanol–water partition coefficient (Wildman–Crippen LogP) is -3.98. The fourth-order valence-electron chi connectivity index (χ4n) is 0. The van der Waals surface area contributed by atoms with Gasteiger partial charge < -0.3 is 24.8 Å². The van der Waals surface area contributed by atoms with E-state index in [-0.39, 0.29) is 46.5 Å². The van der Waals surface area contributed by atoms with E-state index in [1.807, 2.05) is 0 Å². The van der Waals surface area contributed by atoms with Crippen molar-refractivity contribution < 1.29 is 46.5 Å². The van der Waals surface area contributed by atoms with Crippen LogP contribution in [0.3, 0.4) is 0 Å². The van der Waals surface area contributed by atoms with E-state index in [0.717, 1.165) is 0 Å². The Morgan fingerprint density at radius 3 is 0.889 bits per heavy atom. The van der Waals surface area contributed by atoms with Gasteiger partial charge in [0.2, 0.25) is 0 Å². The Bertz CT molecular complexity index is 32.0. The number of hydrogen-bond acceptors (Lipinski definition) is 0. The van der Waals surface area contributed by atoms with E-state index in [1.165, 1.54) is 12.2 Å².